The van der Waals surface area contributed by atoms with Crippen LogP contribution >= 0.6 is 0 Å². The van der Waals surface area contributed by atoms with Gasteiger partial charge in [-0.05, 0) is 48.9 Å². The lowest BCUT2D eigenvalue weighted by Crippen LogP contribution is -2.08. The summed E-state index contributed by atoms with van der Waals surface area (Å²) >= 11 is 0. The normalized spacial score (nSPS) is 12.4. The standard InChI is InChI=1S/C21H18N2O/c1-15(16-7-3-2-4-8-16)23-20-10-6-5-9-19(20)22-21(23)17-11-13-18(24)14-12-17/h2-15,24H,1H3. The van der Waals surface area contributed by atoms with Gasteiger partial charge in [-0.25, -0.2) is 4.98 Å². The van der Waals surface area contributed by atoms with Crippen LogP contribution in [0.3, 0.4) is 0 Å². The van der Waals surface area contributed by atoms with Crippen molar-refractivity contribution in [2.75, 3.05) is 0 Å². The quantitative estimate of drug-likeness (QED) is 0.576. The predicted molar refractivity (Wildman–Crippen MR) is 97.1 cm³/mol. The maximum Gasteiger partial charge on any atom is 0.141 e. The maximum atomic E-state index is 9.57. The first-order valence-electron chi connectivity index (χ1n) is 8.05. The molecule has 0 fully saturated rings. The molecular weight excluding hydrogens is 296 g/mol. The lowest BCUT2D eigenvalue weighted by Gasteiger charge is -2.18. The SMILES string of the molecule is CC(c1ccccc1)n1c(-c2ccc(O)cc2)nc2ccccc21. The summed E-state index contributed by atoms with van der Waals surface area (Å²) in [5.41, 5.74) is 4.31. The van der Waals surface area contributed by atoms with E-state index in [1.165, 1.54) is 5.56 Å². The number of phenols is 1. The highest BCUT2D eigenvalue weighted by Crippen LogP contribution is 2.31. The minimum absolute atomic E-state index is 0.155. The van der Waals surface area contributed by atoms with Gasteiger partial charge in [0.05, 0.1) is 17.1 Å². The molecular formula is C21H18N2O. The van der Waals surface area contributed by atoms with Crippen LogP contribution in [0.5, 0.6) is 5.75 Å². The number of nitrogens with zero attached hydrogens (tertiary/aromatic N) is 2. The van der Waals surface area contributed by atoms with Crippen molar-refractivity contribution in [3.63, 3.8) is 0 Å². The van der Waals surface area contributed by atoms with E-state index in [4.69, 9.17) is 4.98 Å². The van der Waals surface area contributed by atoms with Gasteiger partial charge in [-0.1, -0.05) is 42.5 Å². The number of rotatable bonds is 3. The van der Waals surface area contributed by atoms with E-state index in [9.17, 15) is 5.11 Å². The van der Waals surface area contributed by atoms with Gasteiger partial charge in [-0.2, -0.15) is 0 Å². The number of hydrogen-bond acceptors (Lipinski definition) is 2. The average Bonchev–Trinajstić information content (AvgIpc) is 3.02. The Kier molecular flexibility index (Phi) is 3.54. The van der Waals surface area contributed by atoms with Gasteiger partial charge < -0.3 is 9.67 Å². The Hall–Kier alpha value is -3.07. The van der Waals surface area contributed by atoms with Crippen LogP contribution in [0.25, 0.3) is 22.4 Å². The molecule has 0 amide bonds. The molecule has 0 saturated carbocycles. The summed E-state index contributed by atoms with van der Waals surface area (Å²) in [5, 5.41) is 9.57. The number of phenolic OH excluding ortho intramolecular Hbond substituents is 1. The molecule has 1 aromatic heterocycles. The number of benzene rings is 3. The molecule has 0 aliphatic carbocycles. The van der Waals surface area contributed by atoms with Crippen LogP contribution in [0, 0.1) is 0 Å². The smallest absolute Gasteiger partial charge is 0.141 e. The van der Waals surface area contributed by atoms with Crippen LogP contribution in [0.1, 0.15) is 18.5 Å². The molecule has 118 valence electrons. The molecule has 0 radical (unpaired) electrons. The zero-order valence-electron chi connectivity index (χ0n) is 13.4. The minimum Gasteiger partial charge on any atom is -0.508 e. The van der Waals surface area contributed by atoms with Crippen molar-refractivity contribution in [3.8, 4) is 17.1 Å². The molecule has 3 heteroatoms. The summed E-state index contributed by atoms with van der Waals surface area (Å²) in [6, 6.07) is 26.0. The van der Waals surface area contributed by atoms with Crippen molar-refractivity contribution in [1.29, 1.82) is 0 Å². The van der Waals surface area contributed by atoms with Gasteiger partial charge in [0.1, 0.15) is 11.6 Å². The van der Waals surface area contributed by atoms with Gasteiger partial charge in [0, 0.05) is 5.56 Å². The van der Waals surface area contributed by atoms with Crippen molar-refractivity contribution in [2.24, 2.45) is 0 Å². The second kappa shape index (κ2) is 5.85. The molecule has 0 aliphatic heterocycles. The van der Waals surface area contributed by atoms with Crippen LogP contribution < -0.4 is 0 Å². The summed E-state index contributed by atoms with van der Waals surface area (Å²) in [5.74, 6) is 1.17. The Labute approximate surface area is 140 Å². The van der Waals surface area contributed by atoms with Gasteiger partial charge in [0.15, 0.2) is 0 Å². The zero-order valence-corrected chi connectivity index (χ0v) is 13.4. The lowest BCUT2D eigenvalue weighted by molar-refractivity contribution is 0.475. The Morgan fingerprint density at radius 1 is 0.833 bits per heavy atom. The van der Waals surface area contributed by atoms with Gasteiger partial charge in [-0.3, -0.25) is 0 Å². The fourth-order valence-corrected chi connectivity index (χ4v) is 3.13. The van der Waals surface area contributed by atoms with Crippen molar-refractivity contribution >= 4 is 11.0 Å². The molecule has 3 aromatic carbocycles. The summed E-state index contributed by atoms with van der Waals surface area (Å²) in [4.78, 5) is 4.84. The van der Waals surface area contributed by atoms with Gasteiger partial charge in [-0.15, -0.1) is 0 Å². The van der Waals surface area contributed by atoms with Crippen LogP contribution in [0.15, 0.2) is 78.9 Å². The monoisotopic (exact) mass is 314 g/mol. The molecule has 0 saturated heterocycles. The Bertz CT molecular complexity index is 972. The van der Waals surface area contributed by atoms with E-state index in [1.807, 2.05) is 36.4 Å². The summed E-state index contributed by atoms with van der Waals surface area (Å²) in [6.07, 6.45) is 0. The molecule has 0 bridgehead atoms. The maximum absolute atomic E-state index is 9.57. The number of fused-ring (bicyclic) bond motifs is 1. The zero-order chi connectivity index (χ0) is 16.5. The number of hydrogen-bond donors (Lipinski definition) is 1. The van der Waals surface area contributed by atoms with E-state index in [0.29, 0.717) is 0 Å². The molecule has 1 heterocycles. The van der Waals surface area contributed by atoms with Crippen LogP contribution in [0.4, 0.5) is 0 Å². The molecule has 4 rings (SSSR count). The highest BCUT2D eigenvalue weighted by Gasteiger charge is 2.18. The number of aromatic hydroxyl groups is 1. The number of para-hydroxylation sites is 2. The van der Waals surface area contributed by atoms with Gasteiger partial charge in [0.25, 0.3) is 0 Å². The molecule has 1 unspecified atom stereocenters. The van der Waals surface area contributed by atoms with Crippen molar-refractivity contribution in [3.05, 3.63) is 84.4 Å². The van der Waals surface area contributed by atoms with Crippen LogP contribution in [0.2, 0.25) is 0 Å². The minimum atomic E-state index is 0.155. The third-order valence-electron chi connectivity index (χ3n) is 4.39. The topological polar surface area (TPSA) is 38.0 Å². The van der Waals surface area contributed by atoms with Crippen molar-refractivity contribution < 1.29 is 5.11 Å². The Morgan fingerprint density at radius 3 is 2.25 bits per heavy atom. The Balaban J connectivity index is 1.95. The third-order valence-corrected chi connectivity index (χ3v) is 4.39. The third kappa shape index (κ3) is 2.44. The first-order chi connectivity index (χ1) is 11.7. The van der Waals surface area contributed by atoms with Crippen molar-refractivity contribution in [2.45, 2.75) is 13.0 Å². The average molecular weight is 314 g/mol. The van der Waals surface area contributed by atoms with E-state index >= 15 is 0 Å². The van der Waals surface area contributed by atoms with Crippen LogP contribution in [-0.2, 0) is 0 Å². The van der Waals surface area contributed by atoms with E-state index in [2.05, 4.69) is 41.8 Å². The van der Waals surface area contributed by atoms with E-state index in [-0.39, 0.29) is 11.8 Å². The highest BCUT2D eigenvalue weighted by molar-refractivity contribution is 5.81. The lowest BCUT2D eigenvalue weighted by atomic mass is 10.1. The van der Waals surface area contributed by atoms with E-state index in [0.717, 1.165) is 22.4 Å². The second-order valence-electron chi connectivity index (χ2n) is 5.93. The summed E-state index contributed by atoms with van der Waals surface area (Å²) in [6.45, 7) is 2.19. The molecule has 3 nitrogen and oxygen atoms in total. The number of aromatic nitrogens is 2. The second-order valence-corrected chi connectivity index (χ2v) is 5.93. The molecule has 4 aromatic rings. The largest absolute Gasteiger partial charge is 0.508 e. The predicted octanol–water partition coefficient (Wildman–Crippen LogP) is 5.02. The highest BCUT2D eigenvalue weighted by atomic mass is 16.3. The van der Waals surface area contributed by atoms with Gasteiger partial charge in [0.2, 0.25) is 0 Å². The molecule has 0 aliphatic rings. The fraction of sp³-hybridized carbons (Fsp3) is 0.0952. The summed E-state index contributed by atoms with van der Waals surface area (Å²) < 4.78 is 2.26. The number of imidazole rings is 1. The van der Waals surface area contributed by atoms with Gasteiger partial charge >= 0.3 is 0 Å². The first-order valence-corrected chi connectivity index (χ1v) is 8.05. The first kappa shape index (κ1) is 14.5. The van der Waals surface area contributed by atoms with Crippen molar-refractivity contribution in [1.82, 2.24) is 9.55 Å². The van der Waals surface area contributed by atoms with E-state index in [1.54, 1.807) is 12.1 Å². The molecule has 1 N–H and O–H groups in total. The van der Waals surface area contributed by atoms with E-state index < -0.39 is 0 Å². The molecule has 24 heavy (non-hydrogen) atoms. The van der Waals surface area contributed by atoms with Crippen LogP contribution in [-0.4, -0.2) is 14.7 Å². The Morgan fingerprint density at radius 2 is 1.50 bits per heavy atom. The molecule has 0 spiro atoms. The fourth-order valence-electron chi connectivity index (χ4n) is 3.13. The summed E-state index contributed by atoms with van der Waals surface area (Å²) in [7, 11) is 0. The molecule has 1 atom stereocenters.